The minimum atomic E-state index is -1.18. The highest BCUT2D eigenvalue weighted by Gasteiger charge is 2.28. The highest BCUT2D eigenvalue weighted by molar-refractivity contribution is 5.76. The van der Waals surface area contributed by atoms with Crippen molar-refractivity contribution < 1.29 is 19.0 Å². The van der Waals surface area contributed by atoms with Gasteiger partial charge in [0.15, 0.2) is 0 Å². The van der Waals surface area contributed by atoms with E-state index in [2.05, 4.69) is 5.10 Å². The fraction of sp³-hybridized carbons (Fsp3) is 0.382. The van der Waals surface area contributed by atoms with Crippen molar-refractivity contribution in [3.8, 4) is 28.4 Å². The molecule has 0 spiro atoms. The van der Waals surface area contributed by atoms with Crippen LogP contribution in [-0.4, -0.2) is 25.6 Å². The number of benzene rings is 2. The zero-order valence-electron chi connectivity index (χ0n) is 25.5. The number of pyridine rings is 1. The lowest BCUT2D eigenvalue weighted by molar-refractivity contribution is 0.0786. The summed E-state index contributed by atoms with van der Waals surface area (Å²) in [6.07, 6.45) is 4.29. The van der Waals surface area contributed by atoms with E-state index in [1.165, 1.54) is 16.7 Å². The lowest BCUT2D eigenvalue weighted by atomic mass is 9.92. The van der Waals surface area contributed by atoms with E-state index in [9.17, 15) is 19.1 Å². The molecule has 1 N–H and O–H groups in total. The van der Waals surface area contributed by atoms with Gasteiger partial charge in [-0.15, -0.1) is 0 Å². The molecule has 226 valence electrons. The van der Waals surface area contributed by atoms with Crippen molar-refractivity contribution in [2.75, 3.05) is 0 Å². The molecule has 1 fully saturated rings. The van der Waals surface area contributed by atoms with Crippen molar-refractivity contribution in [3.05, 3.63) is 104 Å². The number of ether oxygens (including phenoxy) is 2. The number of aromatic nitrogens is 3. The van der Waals surface area contributed by atoms with Crippen molar-refractivity contribution in [2.45, 2.75) is 78.0 Å². The Morgan fingerprint density at radius 3 is 2.26 bits per heavy atom. The molecule has 1 saturated carbocycles. The largest absolute Gasteiger partial charge is 0.490 e. The normalized spacial score (nSPS) is 17.1. The van der Waals surface area contributed by atoms with Gasteiger partial charge in [-0.3, -0.25) is 9.59 Å². The molecule has 0 atom stereocenters. The summed E-state index contributed by atoms with van der Waals surface area (Å²) in [6.45, 7) is 8.75. The Balaban J connectivity index is 1.52. The van der Waals surface area contributed by atoms with Crippen LogP contribution in [0.25, 0.3) is 11.1 Å². The van der Waals surface area contributed by atoms with E-state index in [1.807, 2.05) is 6.92 Å². The summed E-state index contributed by atoms with van der Waals surface area (Å²) in [5, 5.41) is 15.3. The van der Waals surface area contributed by atoms with Crippen LogP contribution in [0.2, 0.25) is 0 Å². The van der Waals surface area contributed by atoms with E-state index in [0.717, 1.165) is 5.69 Å². The number of nitrogens with zero attached hydrogens (tertiary/aromatic N) is 3. The molecule has 4 aromatic rings. The van der Waals surface area contributed by atoms with Crippen LogP contribution in [0.5, 0.6) is 17.2 Å². The van der Waals surface area contributed by atoms with Crippen molar-refractivity contribution >= 4 is 0 Å². The average molecular weight is 588 g/mol. The van der Waals surface area contributed by atoms with Gasteiger partial charge in [0.1, 0.15) is 23.1 Å². The van der Waals surface area contributed by atoms with Crippen LogP contribution in [0.4, 0.5) is 4.39 Å². The number of hydrogen-bond acceptors (Lipinski definition) is 6. The van der Waals surface area contributed by atoms with Crippen LogP contribution in [0.3, 0.4) is 0 Å². The smallest absolute Gasteiger partial charge is 0.267 e. The van der Waals surface area contributed by atoms with Crippen LogP contribution in [0, 0.1) is 26.6 Å². The van der Waals surface area contributed by atoms with E-state index in [-0.39, 0.29) is 29.1 Å². The Morgan fingerprint density at radius 1 is 0.930 bits per heavy atom. The fourth-order valence-corrected chi connectivity index (χ4v) is 5.69. The summed E-state index contributed by atoms with van der Waals surface area (Å²) < 4.78 is 30.0. The molecule has 2 aromatic heterocycles. The van der Waals surface area contributed by atoms with Crippen molar-refractivity contribution in [1.29, 1.82) is 0 Å². The van der Waals surface area contributed by atoms with Gasteiger partial charge < -0.3 is 19.1 Å². The molecule has 0 bridgehead atoms. The third kappa shape index (κ3) is 6.41. The summed E-state index contributed by atoms with van der Waals surface area (Å²) in [6, 6.07) is 13.1. The Bertz CT molecular complexity index is 1760. The summed E-state index contributed by atoms with van der Waals surface area (Å²) in [5.74, 6) is 0.924. The van der Waals surface area contributed by atoms with E-state index in [0.29, 0.717) is 70.7 Å². The SMILES string of the molecule is Cc1ccc(=O)n(C2CCC(Oc3ccn(C)c(=O)c3-c3cc(C(C)(C)O)ccc3Oc3c(C)cc(F)cc3C)CC2)n1. The van der Waals surface area contributed by atoms with Gasteiger partial charge in [-0.25, -0.2) is 9.07 Å². The molecule has 9 heteroatoms. The molecular weight excluding hydrogens is 549 g/mol. The molecular formula is C34H38FN3O5. The molecule has 0 saturated heterocycles. The van der Waals surface area contributed by atoms with Gasteiger partial charge >= 0.3 is 0 Å². The zero-order valence-corrected chi connectivity index (χ0v) is 25.5. The quantitative estimate of drug-likeness (QED) is 0.274. The predicted molar refractivity (Wildman–Crippen MR) is 163 cm³/mol. The molecule has 1 aliphatic carbocycles. The van der Waals surface area contributed by atoms with E-state index in [4.69, 9.17) is 9.47 Å². The standard InChI is InChI=1S/C34H38FN3O5/c1-20-17-24(35)18-21(2)32(20)43-28-13-8-23(34(4,5)41)19-27(28)31-29(15-16-37(6)33(31)40)42-26-11-9-25(10-12-26)38-30(39)14-7-22(3)36-38/h7-8,13-19,25-26,41H,9-12H2,1-6H3. The molecule has 0 aliphatic heterocycles. The first kappa shape index (κ1) is 30.2. The lowest BCUT2D eigenvalue weighted by Gasteiger charge is -2.30. The second-order valence-electron chi connectivity index (χ2n) is 12.0. The number of halogens is 1. The Kier molecular flexibility index (Phi) is 8.29. The monoisotopic (exact) mass is 587 g/mol. The van der Waals surface area contributed by atoms with Crippen molar-refractivity contribution in [2.24, 2.45) is 7.05 Å². The maximum absolute atomic E-state index is 14.0. The highest BCUT2D eigenvalue weighted by atomic mass is 19.1. The fourth-order valence-electron chi connectivity index (χ4n) is 5.69. The predicted octanol–water partition coefficient (Wildman–Crippen LogP) is 6.26. The molecule has 0 unspecified atom stereocenters. The summed E-state index contributed by atoms with van der Waals surface area (Å²) in [7, 11) is 1.67. The summed E-state index contributed by atoms with van der Waals surface area (Å²) in [4.78, 5) is 26.2. The van der Waals surface area contributed by atoms with Crippen LogP contribution in [-0.2, 0) is 12.6 Å². The van der Waals surface area contributed by atoms with Gasteiger partial charge in [-0.05, 0) is 113 Å². The summed E-state index contributed by atoms with van der Waals surface area (Å²) in [5.41, 5.74) is 1.80. The van der Waals surface area contributed by atoms with Crippen LogP contribution >= 0.6 is 0 Å². The van der Waals surface area contributed by atoms with E-state index in [1.54, 1.807) is 82.0 Å². The maximum Gasteiger partial charge on any atom is 0.267 e. The molecule has 2 aromatic carbocycles. The molecule has 8 nitrogen and oxygen atoms in total. The first-order valence-electron chi connectivity index (χ1n) is 14.6. The highest BCUT2D eigenvalue weighted by Crippen LogP contribution is 2.41. The number of aryl methyl sites for hydroxylation is 4. The Hall–Kier alpha value is -4.24. The third-order valence-electron chi connectivity index (χ3n) is 8.06. The lowest BCUT2D eigenvalue weighted by Crippen LogP contribution is -2.33. The van der Waals surface area contributed by atoms with Crippen LogP contribution in [0.1, 0.15) is 68.0 Å². The summed E-state index contributed by atoms with van der Waals surface area (Å²) >= 11 is 0. The van der Waals surface area contributed by atoms with E-state index < -0.39 is 5.60 Å². The molecule has 0 radical (unpaired) electrons. The molecule has 43 heavy (non-hydrogen) atoms. The van der Waals surface area contributed by atoms with Crippen molar-refractivity contribution in [1.82, 2.24) is 14.3 Å². The Morgan fingerprint density at radius 2 is 1.60 bits per heavy atom. The van der Waals surface area contributed by atoms with Gasteiger partial charge in [-0.1, -0.05) is 6.07 Å². The second kappa shape index (κ2) is 11.8. The number of hydrogen-bond donors (Lipinski definition) is 1. The van der Waals surface area contributed by atoms with Crippen LogP contribution in [0.15, 0.2) is 64.3 Å². The first-order valence-corrected chi connectivity index (χ1v) is 14.6. The number of rotatable bonds is 7. The average Bonchev–Trinajstić information content (AvgIpc) is 2.94. The molecule has 2 heterocycles. The van der Waals surface area contributed by atoms with Crippen molar-refractivity contribution in [3.63, 3.8) is 0 Å². The van der Waals surface area contributed by atoms with Gasteiger partial charge in [0.05, 0.1) is 29.0 Å². The minimum absolute atomic E-state index is 0.0129. The van der Waals surface area contributed by atoms with Gasteiger partial charge in [0, 0.05) is 24.9 Å². The van der Waals surface area contributed by atoms with Gasteiger partial charge in [0.25, 0.3) is 11.1 Å². The van der Waals surface area contributed by atoms with Crippen LogP contribution < -0.4 is 20.6 Å². The zero-order chi connectivity index (χ0) is 31.1. The van der Waals surface area contributed by atoms with Gasteiger partial charge in [-0.2, -0.15) is 5.10 Å². The molecule has 0 amide bonds. The first-order chi connectivity index (χ1) is 20.3. The maximum atomic E-state index is 14.0. The number of aliphatic hydroxyl groups is 1. The minimum Gasteiger partial charge on any atom is -0.490 e. The van der Waals surface area contributed by atoms with E-state index >= 15 is 0 Å². The topological polar surface area (TPSA) is 95.6 Å². The third-order valence-corrected chi connectivity index (χ3v) is 8.06. The van der Waals surface area contributed by atoms with Gasteiger partial charge in [0.2, 0.25) is 0 Å². The molecule has 1 aliphatic rings. The molecule has 5 rings (SSSR count). The second-order valence-corrected chi connectivity index (χ2v) is 12.0. The Labute approximate surface area is 250 Å².